The van der Waals surface area contributed by atoms with Crippen molar-refractivity contribution in [3.8, 4) is 17.4 Å². The van der Waals surface area contributed by atoms with E-state index in [0.29, 0.717) is 29.5 Å². The van der Waals surface area contributed by atoms with E-state index in [2.05, 4.69) is 10.3 Å². The summed E-state index contributed by atoms with van der Waals surface area (Å²) in [6.07, 6.45) is 1.65. The van der Waals surface area contributed by atoms with E-state index in [1.807, 2.05) is 35.0 Å². The Bertz CT molecular complexity index is 819. The van der Waals surface area contributed by atoms with Crippen LogP contribution in [0.3, 0.4) is 0 Å². The molecule has 2 heterocycles. The smallest absolute Gasteiger partial charge is 0.252 e. The van der Waals surface area contributed by atoms with Crippen LogP contribution in [0.2, 0.25) is 0 Å². The van der Waals surface area contributed by atoms with E-state index in [0.717, 1.165) is 5.56 Å². The summed E-state index contributed by atoms with van der Waals surface area (Å²) >= 11 is 1.49. The molecule has 0 unspecified atom stereocenters. The molecule has 0 spiro atoms. The van der Waals surface area contributed by atoms with E-state index in [1.54, 1.807) is 31.5 Å². The summed E-state index contributed by atoms with van der Waals surface area (Å²) < 4.78 is 11.2. The van der Waals surface area contributed by atoms with E-state index in [4.69, 9.17) is 9.47 Å². The van der Waals surface area contributed by atoms with Gasteiger partial charge in [-0.3, -0.25) is 4.79 Å². The monoisotopic (exact) mass is 340 g/mol. The second-order valence-electron chi connectivity index (χ2n) is 4.92. The summed E-state index contributed by atoms with van der Waals surface area (Å²) in [5, 5.41) is 6.55. The second-order valence-corrected chi connectivity index (χ2v) is 5.70. The third kappa shape index (κ3) is 3.72. The summed E-state index contributed by atoms with van der Waals surface area (Å²) in [7, 11) is 1.59. The molecular weight excluding hydrogens is 324 g/mol. The molecule has 3 aromatic rings. The third-order valence-electron chi connectivity index (χ3n) is 3.35. The Morgan fingerprint density at radius 1 is 1.17 bits per heavy atom. The van der Waals surface area contributed by atoms with Gasteiger partial charge in [0.1, 0.15) is 0 Å². The Kier molecular flexibility index (Phi) is 5.08. The summed E-state index contributed by atoms with van der Waals surface area (Å²) in [5.74, 6) is 1.51. The molecule has 24 heavy (non-hydrogen) atoms. The van der Waals surface area contributed by atoms with Crippen LogP contribution >= 0.6 is 11.3 Å². The molecule has 0 saturated carbocycles. The molecule has 2 aromatic heterocycles. The highest BCUT2D eigenvalue weighted by Crippen LogP contribution is 2.31. The second kappa shape index (κ2) is 7.61. The summed E-state index contributed by atoms with van der Waals surface area (Å²) in [4.78, 5) is 16.3. The number of pyridine rings is 1. The van der Waals surface area contributed by atoms with Gasteiger partial charge < -0.3 is 14.8 Å². The fourth-order valence-corrected chi connectivity index (χ4v) is 2.77. The molecule has 6 heteroatoms. The van der Waals surface area contributed by atoms with E-state index in [-0.39, 0.29) is 5.91 Å². The molecule has 0 atom stereocenters. The van der Waals surface area contributed by atoms with Gasteiger partial charge in [-0.15, -0.1) is 0 Å². The maximum Gasteiger partial charge on any atom is 0.252 e. The van der Waals surface area contributed by atoms with Crippen LogP contribution in [0, 0.1) is 0 Å². The molecule has 0 bridgehead atoms. The van der Waals surface area contributed by atoms with Crippen molar-refractivity contribution in [1.29, 1.82) is 0 Å². The van der Waals surface area contributed by atoms with Gasteiger partial charge in [-0.25, -0.2) is 4.98 Å². The van der Waals surface area contributed by atoms with Gasteiger partial charge in [0.25, 0.3) is 5.91 Å². The molecule has 0 aliphatic carbocycles. The summed E-state index contributed by atoms with van der Waals surface area (Å²) in [6.45, 7) is 0.326. The van der Waals surface area contributed by atoms with Gasteiger partial charge in [-0.2, -0.15) is 11.3 Å². The van der Waals surface area contributed by atoms with Crippen LogP contribution in [-0.2, 0) is 6.54 Å². The lowest BCUT2D eigenvalue weighted by Crippen LogP contribution is -2.22. The van der Waals surface area contributed by atoms with Crippen molar-refractivity contribution in [1.82, 2.24) is 10.3 Å². The molecular formula is C18H16N2O3S. The predicted octanol–water partition coefficient (Wildman–Crippen LogP) is 3.87. The first-order valence-corrected chi connectivity index (χ1v) is 8.27. The maximum atomic E-state index is 12.1. The molecule has 5 nitrogen and oxygen atoms in total. The number of rotatable bonds is 6. The summed E-state index contributed by atoms with van der Waals surface area (Å²) in [5.41, 5.74) is 1.43. The van der Waals surface area contributed by atoms with Gasteiger partial charge in [-0.1, -0.05) is 18.2 Å². The lowest BCUT2D eigenvalue weighted by atomic mass is 10.2. The highest BCUT2D eigenvalue weighted by molar-refractivity contribution is 7.08. The van der Waals surface area contributed by atoms with Crippen molar-refractivity contribution in [2.24, 2.45) is 0 Å². The highest BCUT2D eigenvalue weighted by atomic mass is 32.1. The third-order valence-corrected chi connectivity index (χ3v) is 4.03. The Morgan fingerprint density at radius 2 is 2.00 bits per heavy atom. The van der Waals surface area contributed by atoms with Gasteiger partial charge in [0, 0.05) is 29.2 Å². The lowest BCUT2D eigenvalue weighted by Gasteiger charge is -2.12. The van der Waals surface area contributed by atoms with E-state index >= 15 is 0 Å². The largest absolute Gasteiger partial charge is 0.493 e. The molecule has 1 amide bonds. The molecule has 0 saturated heterocycles. The van der Waals surface area contributed by atoms with Gasteiger partial charge in [-0.05, 0) is 29.6 Å². The SMILES string of the molecule is COc1ccccc1Oc1ncccc1CNC(=O)c1ccsc1. The van der Waals surface area contributed by atoms with Gasteiger partial charge in [0.05, 0.1) is 7.11 Å². The fraction of sp³-hybridized carbons (Fsp3) is 0.111. The molecule has 1 aromatic carbocycles. The zero-order valence-corrected chi connectivity index (χ0v) is 13.9. The Labute approximate surface area is 143 Å². The molecule has 3 rings (SSSR count). The topological polar surface area (TPSA) is 60.5 Å². The number of benzene rings is 1. The number of nitrogens with zero attached hydrogens (tertiary/aromatic N) is 1. The van der Waals surface area contributed by atoms with Crippen molar-refractivity contribution in [2.75, 3.05) is 7.11 Å². The lowest BCUT2D eigenvalue weighted by molar-refractivity contribution is 0.0951. The number of aromatic nitrogens is 1. The van der Waals surface area contributed by atoms with Crippen molar-refractivity contribution in [2.45, 2.75) is 6.54 Å². The fourth-order valence-electron chi connectivity index (χ4n) is 2.13. The van der Waals surface area contributed by atoms with E-state index in [1.165, 1.54) is 11.3 Å². The number of para-hydroxylation sites is 2. The minimum absolute atomic E-state index is 0.122. The molecule has 1 N–H and O–H groups in total. The quantitative estimate of drug-likeness (QED) is 0.740. The van der Waals surface area contributed by atoms with Gasteiger partial charge >= 0.3 is 0 Å². The first kappa shape index (κ1) is 16.0. The number of carbonyl (C=O) groups excluding carboxylic acids is 1. The van der Waals surface area contributed by atoms with Crippen LogP contribution in [0.1, 0.15) is 15.9 Å². The van der Waals surface area contributed by atoms with Crippen molar-refractivity contribution < 1.29 is 14.3 Å². The van der Waals surface area contributed by atoms with Gasteiger partial charge in [0.15, 0.2) is 11.5 Å². The van der Waals surface area contributed by atoms with Crippen molar-refractivity contribution in [3.63, 3.8) is 0 Å². The summed E-state index contributed by atoms with van der Waals surface area (Å²) in [6, 6.07) is 12.8. The number of hydrogen-bond acceptors (Lipinski definition) is 5. The number of thiophene rings is 1. The Hall–Kier alpha value is -2.86. The molecule has 0 fully saturated rings. The van der Waals surface area contributed by atoms with E-state index in [9.17, 15) is 4.79 Å². The molecule has 0 aliphatic heterocycles. The molecule has 122 valence electrons. The van der Waals surface area contributed by atoms with Gasteiger partial charge in [0.2, 0.25) is 5.88 Å². The van der Waals surface area contributed by atoms with Crippen LogP contribution in [-0.4, -0.2) is 18.0 Å². The zero-order chi connectivity index (χ0) is 16.8. The molecule has 0 aliphatic rings. The number of nitrogens with one attached hydrogen (secondary N) is 1. The van der Waals surface area contributed by atoms with Crippen LogP contribution < -0.4 is 14.8 Å². The standard InChI is InChI=1S/C18H16N2O3S/c1-22-15-6-2-3-7-16(15)23-18-13(5-4-9-19-18)11-20-17(21)14-8-10-24-12-14/h2-10,12H,11H2,1H3,(H,20,21). The van der Waals surface area contributed by atoms with Crippen molar-refractivity contribution >= 4 is 17.2 Å². The van der Waals surface area contributed by atoms with Crippen LogP contribution in [0.4, 0.5) is 0 Å². The minimum atomic E-state index is -0.122. The first-order chi connectivity index (χ1) is 11.8. The van der Waals surface area contributed by atoms with Crippen molar-refractivity contribution in [3.05, 3.63) is 70.5 Å². The predicted molar refractivity (Wildman–Crippen MR) is 92.8 cm³/mol. The number of amides is 1. The number of carbonyl (C=O) groups is 1. The normalized spacial score (nSPS) is 10.2. The number of methoxy groups -OCH3 is 1. The minimum Gasteiger partial charge on any atom is -0.493 e. The molecule has 0 radical (unpaired) electrons. The first-order valence-electron chi connectivity index (χ1n) is 7.33. The highest BCUT2D eigenvalue weighted by Gasteiger charge is 2.11. The number of hydrogen-bond donors (Lipinski definition) is 1. The average molecular weight is 340 g/mol. The number of ether oxygens (including phenoxy) is 2. The Morgan fingerprint density at radius 3 is 2.75 bits per heavy atom. The average Bonchev–Trinajstić information content (AvgIpc) is 3.16. The van der Waals surface area contributed by atoms with Crippen LogP contribution in [0.15, 0.2) is 59.4 Å². The maximum absolute atomic E-state index is 12.1. The van der Waals surface area contributed by atoms with Crippen LogP contribution in [0.25, 0.3) is 0 Å². The zero-order valence-electron chi connectivity index (χ0n) is 13.1. The Balaban J connectivity index is 1.74. The van der Waals surface area contributed by atoms with E-state index < -0.39 is 0 Å². The van der Waals surface area contributed by atoms with Crippen LogP contribution in [0.5, 0.6) is 17.4 Å².